The third-order valence-corrected chi connectivity index (χ3v) is 5.21. The Bertz CT molecular complexity index is 1110. The fourth-order valence-electron chi connectivity index (χ4n) is 3.63. The number of pyridine rings is 2. The van der Waals surface area contributed by atoms with E-state index in [1.807, 2.05) is 59.1 Å². The van der Waals surface area contributed by atoms with E-state index >= 15 is 0 Å². The van der Waals surface area contributed by atoms with Gasteiger partial charge in [0.25, 0.3) is 0 Å². The molecule has 0 bridgehead atoms. The molecule has 0 saturated heterocycles. The molecule has 1 fully saturated rings. The van der Waals surface area contributed by atoms with Gasteiger partial charge >= 0.3 is 11.7 Å². The van der Waals surface area contributed by atoms with Crippen molar-refractivity contribution in [2.24, 2.45) is 0 Å². The van der Waals surface area contributed by atoms with E-state index in [1.54, 1.807) is 12.4 Å². The van der Waals surface area contributed by atoms with Gasteiger partial charge in [-0.15, -0.1) is 0 Å². The highest BCUT2D eigenvalue weighted by Crippen LogP contribution is 2.45. The van der Waals surface area contributed by atoms with E-state index in [4.69, 9.17) is 0 Å². The van der Waals surface area contributed by atoms with Crippen LogP contribution < -0.4 is 9.72 Å². The lowest BCUT2D eigenvalue weighted by atomic mass is 10.1. The molecule has 0 radical (unpaired) electrons. The summed E-state index contributed by atoms with van der Waals surface area (Å²) in [5.41, 5.74) is 3.78. The maximum Gasteiger partial charge on any atom is 0.351 e. The van der Waals surface area contributed by atoms with Crippen molar-refractivity contribution >= 4 is 11.4 Å². The number of carbonyl (C=O) groups is 1. The minimum atomic E-state index is -0.248. The minimum absolute atomic E-state index is 0.0992. The average molecular weight is 355 g/mol. The first-order valence-corrected chi connectivity index (χ1v) is 9.08. The molecule has 0 spiro atoms. The molecule has 3 aromatic heterocycles. The van der Waals surface area contributed by atoms with Crippen LogP contribution in [0.5, 0.6) is 0 Å². The Morgan fingerprint density at radius 2 is 1.74 bits per heavy atom. The second kappa shape index (κ2) is 6.06. The van der Waals surface area contributed by atoms with Gasteiger partial charge in [-0.1, -0.05) is 36.4 Å². The maximum atomic E-state index is 13.2. The minimum Gasteiger partial charge on any atom is -0.336 e. The third-order valence-electron chi connectivity index (χ3n) is 5.21. The van der Waals surface area contributed by atoms with Crippen molar-refractivity contribution in [2.75, 3.05) is 0 Å². The first kappa shape index (κ1) is 15.8. The van der Waals surface area contributed by atoms with E-state index in [1.165, 1.54) is 0 Å². The maximum absolute atomic E-state index is 13.2. The van der Waals surface area contributed by atoms with E-state index < -0.39 is 0 Å². The van der Waals surface area contributed by atoms with Gasteiger partial charge in [0.05, 0.1) is 11.7 Å². The number of aromatic amines is 1. The monoisotopic (exact) mass is 355 g/mol. The average Bonchev–Trinajstić information content (AvgIpc) is 3.41. The van der Waals surface area contributed by atoms with Gasteiger partial charge in [-0.3, -0.25) is 9.78 Å². The summed E-state index contributed by atoms with van der Waals surface area (Å²) in [6.45, 7) is 0. The summed E-state index contributed by atoms with van der Waals surface area (Å²) in [5, 5.41) is 3.25. The number of rotatable bonds is 4. The zero-order chi connectivity index (χ0) is 18.3. The van der Waals surface area contributed by atoms with Gasteiger partial charge in [0, 0.05) is 18.0 Å². The lowest BCUT2D eigenvalue weighted by Crippen LogP contribution is -2.40. The van der Waals surface area contributed by atoms with Crippen LogP contribution in [0.25, 0.3) is 16.8 Å². The number of carbonyl (C=O) groups excluding carboxylic acids is 1. The molecule has 1 aliphatic rings. The number of nitrogens with one attached hydrogen (secondary N) is 2. The van der Waals surface area contributed by atoms with Crippen LogP contribution in [0.3, 0.4) is 0 Å². The predicted octanol–water partition coefficient (Wildman–Crippen LogP) is 3.23. The number of benzene rings is 1. The van der Waals surface area contributed by atoms with E-state index in [0.29, 0.717) is 5.82 Å². The second-order valence-electron chi connectivity index (χ2n) is 6.94. The molecular formula is C22H19N4O+. The zero-order valence-electron chi connectivity index (χ0n) is 14.7. The van der Waals surface area contributed by atoms with Crippen LogP contribution in [0.15, 0.2) is 79.3 Å². The van der Waals surface area contributed by atoms with Crippen molar-refractivity contribution in [3.8, 4) is 11.3 Å². The number of imidazole rings is 1. The topological polar surface area (TPSA) is 61.9 Å². The summed E-state index contributed by atoms with van der Waals surface area (Å²) in [4.78, 5) is 20.6. The summed E-state index contributed by atoms with van der Waals surface area (Å²) >= 11 is 0. The van der Waals surface area contributed by atoms with Crippen LogP contribution in [0.1, 0.15) is 29.0 Å². The van der Waals surface area contributed by atoms with Crippen molar-refractivity contribution in [3.63, 3.8) is 0 Å². The SMILES string of the molecule is O=C(NC1(c2ccccc2)CC1)c1[nH]c(-c2ccncc2)c2cccc[n+]12. The molecule has 1 amide bonds. The van der Waals surface area contributed by atoms with Crippen LogP contribution in [0, 0.1) is 0 Å². The fraction of sp³-hybridized carbons (Fsp3) is 0.136. The first-order chi connectivity index (χ1) is 13.3. The van der Waals surface area contributed by atoms with E-state index in [0.717, 1.165) is 35.2 Å². The summed E-state index contributed by atoms with van der Waals surface area (Å²) in [6, 6.07) is 20.0. The van der Waals surface area contributed by atoms with Crippen LogP contribution in [-0.2, 0) is 5.54 Å². The van der Waals surface area contributed by atoms with Crippen LogP contribution in [0.4, 0.5) is 0 Å². The van der Waals surface area contributed by atoms with E-state index in [-0.39, 0.29) is 11.4 Å². The zero-order valence-corrected chi connectivity index (χ0v) is 14.7. The number of nitrogens with zero attached hydrogens (tertiary/aromatic N) is 2. The molecule has 0 unspecified atom stereocenters. The highest BCUT2D eigenvalue weighted by Gasteiger charge is 2.47. The number of aromatic nitrogens is 3. The molecule has 1 aliphatic carbocycles. The summed E-state index contributed by atoms with van der Waals surface area (Å²) < 4.78 is 1.91. The number of amides is 1. The van der Waals surface area contributed by atoms with Crippen molar-refractivity contribution in [3.05, 3.63) is 90.6 Å². The Balaban J connectivity index is 1.55. The van der Waals surface area contributed by atoms with Crippen molar-refractivity contribution < 1.29 is 9.20 Å². The Morgan fingerprint density at radius 1 is 1.00 bits per heavy atom. The largest absolute Gasteiger partial charge is 0.351 e. The Kier molecular flexibility index (Phi) is 3.53. The molecule has 27 heavy (non-hydrogen) atoms. The lowest BCUT2D eigenvalue weighted by Gasteiger charge is -2.16. The molecule has 5 heteroatoms. The first-order valence-electron chi connectivity index (χ1n) is 9.08. The van der Waals surface area contributed by atoms with Crippen LogP contribution in [0.2, 0.25) is 0 Å². The number of hydrogen-bond acceptors (Lipinski definition) is 2. The fourth-order valence-corrected chi connectivity index (χ4v) is 3.63. The summed E-state index contributed by atoms with van der Waals surface area (Å²) in [5.74, 6) is 0.428. The van der Waals surface area contributed by atoms with Crippen molar-refractivity contribution in [1.82, 2.24) is 15.3 Å². The molecule has 3 heterocycles. The number of H-pyrrole nitrogens is 1. The van der Waals surface area contributed by atoms with Crippen molar-refractivity contribution in [1.29, 1.82) is 0 Å². The number of fused-ring (bicyclic) bond motifs is 1. The van der Waals surface area contributed by atoms with Gasteiger partial charge in [0.15, 0.2) is 11.2 Å². The molecule has 2 N–H and O–H groups in total. The van der Waals surface area contributed by atoms with E-state index in [9.17, 15) is 4.79 Å². The Labute approximate surface area is 156 Å². The Hall–Kier alpha value is -3.47. The van der Waals surface area contributed by atoms with Gasteiger partial charge in [0.1, 0.15) is 0 Å². The molecular weight excluding hydrogens is 336 g/mol. The molecule has 0 atom stereocenters. The van der Waals surface area contributed by atoms with Crippen LogP contribution >= 0.6 is 0 Å². The molecule has 132 valence electrons. The third kappa shape index (κ3) is 2.68. The lowest BCUT2D eigenvalue weighted by molar-refractivity contribution is -0.514. The standard InChI is InChI=1S/C22H18N4O/c27-21(25-22(11-12-22)17-6-2-1-3-7-17)20-24-19(16-9-13-23-14-10-16)18-8-4-5-15-26(18)20/h1-10,13-15H,11-12H2,(H,25,27)/p+1. The van der Waals surface area contributed by atoms with Gasteiger partial charge in [-0.25, -0.2) is 4.98 Å². The summed E-state index contributed by atoms with van der Waals surface area (Å²) in [6.07, 6.45) is 7.34. The predicted molar refractivity (Wildman–Crippen MR) is 102 cm³/mol. The molecule has 5 nitrogen and oxygen atoms in total. The van der Waals surface area contributed by atoms with Crippen molar-refractivity contribution in [2.45, 2.75) is 18.4 Å². The smallest absolute Gasteiger partial charge is 0.336 e. The Morgan fingerprint density at radius 3 is 2.48 bits per heavy atom. The molecule has 4 aromatic rings. The highest BCUT2D eigenvalue weighted by atomic mass is 16.2. The highest BCUT2D eigenvalue weighted by molar-refractivity contribution is 5.92. The van der Waals surface area contributed by atoms with Gasteiger partial charge in [-0.2, -0.15) is 4.40 Å². The molecule has 1 saturated carbocycles. The second-order valence-corrected chi connectivity index (χ2v) is 6.94. The van der Waals surface area contributed by atoms with Gasteiger partial charge in [-0.05, 0) is 42.7 Å². The number of hydrogen-bond donors (Lipinski definition) is 2. The molecule has 0 aliphatic heterocycles. The molecule has 1 aromatic carbocycles. The van der Waals surface area contributed by atoms with E-state index in [2.05, 4.69) is 27.4 Å². The van der Waals surface area contributed by atoms with Crippen LogP contribution in [-0.4, -0.2) is 15.9 Å². The quantitative estimate of drug-likeness (QED) is 0.552. The normalized spacial score (nSPS) is 14.8. The summed E-state index contributed by atoms with van der Waals surface area (Å²) in [7, 11) is 0. The molecule has 5 rings (SSSR count). The van der Waals surface area contributed by atoms with Gasteiger partial charge < -0.3 is 5.32 Å². The van der Waals surface area contributed by atoms with Gasteiger partial charge in [0.2, 0.25) is 0 Å².